The number of nitro groups is 1. The Hall–Kier alpha value is -2.70. The molecule has 1 aromatic heterocycles. The van der Waals surface area contributed by atoms with Crippen LogP contribution in [0.2, 0.25) is 0 Å². The number of aromatic nitrogens is 1. The third-order valence-electron chi connectivity index (χ3n) is 2.33. The molecule has 0 aliphatic rings. The van der Waals surface area contributed by atoms with Gasteiger partial charge in [-0.1, -0.05) is 0 Å². The van der Waals surface area contributed by atoms with Gasteiger partial charge in [0.05, 0.1) is 11.0 Å². The second kappa shape index (κ2) is 5.30. The van der Waals surface area contributed by atoms with Crippen molar-refractivity contribution < 1.29 is 14.1 Å². The molecule has 98 valence electrons. The van der Waals surface area contributed by atoms with E-state index in [1.54, 1.807) is 19.2 Å². The summed E-state index contributed by atoms with van der Waals surface area (Å²) in [7, 11) is 1.69. The van der Waals surface area contributed by atoms with Gasteiger partial charge >= 0.3 is 5.69 Å². The van der Waals surface area contributed by atoms with Crippen molar-refractivity contribution in [2.24, 2.45) is 0 Å². The molecule has 6 nitrogen and oxygen atoms in total. The van der Waals surface area contributed by atoms with Gasteiger partial charge in [0, 0.05) is 19.3 Å². The van der Waals surface area contributed by atoms with Gasteiger partial charge in [-0.3, -0.25) is 10.1 Å². The van der Waals surface area contributed by atoms with Gasteiger partial charge in [-0.2, -0.15) is 0 Å². The van der Waals surface area contributed by atoms with E-state index in [9.17, 15) is 14.5 Å². The Morgan fingerprint density at radius 2 is 2.16 bits per heavy atom. The molecule has 19 heavy (non-hydrogen) atoms. The van der Waals surface area contributed by atoms with Crippen LogP contribution in [0.25, 0.3) is 0 Å². The number of nitrogens with zero attached hydrogens (tertiary/aromatic N) is 2. The zero-order valence-electron chi connectivity index (χ0n) is 9.96. The van der Waals surface area contributed by atoms with Gasteiger partial charge in [0.2, 0.25) is 5.75 Å². The van der Waals surface area contributed by atoms with E-state index in [2.05, 4.69) is 10.3 Å². The summed E-state index contributed by atoms with van der Waals surface area (Å²) in [6.45, 7) is 0. The predicted molar refractivity (Wildman–Crippen MR) is 66.9 cm³/mol. The molecule has 1 heterocycles. The lowest BCUT2D eigenvalue weighted by Crippen LogP contribution is -1.96. The molecule has 0 saturated carbocycles. The number of pyridine rings is 1. The highest BCUT2D eigenvalue weighted by Crippen LogP contribution is 2.32. The largest absolute Gasteiger partial charge is 0.450 e. The molecule has 0 unspecified atom stereocenters. The molecule has 0 amide bonds. The van der Waals surface area contributed by atoms with Crippen molar-refractivity contribution in [2.75, 3.05) is 12.4 Å². The SMILES string of the molecule is CNc1cc(Oc2ccc(F)cc2[N+](=O)[O-])ccn1. The molecule has 0 aliphatic heterocycles. The highest BCUT2D eigenvalue weighted by atomic mass is 19.1. The molecule has 2 aromatic rings. The number of nitrogens with one attached hydrogen (secondary N) is 1. The van der Waals surface area contributed by atoms with E-state index in [1.165, 1.54) is 12.3 Å². The Labute approximate surface area is 108 Å². The van der Waals surface area contributed by atoms with E-state index in [1.807, 2.05) is 0 Å². The molecule has 0 saturated heterocycles. The van der Waals surface area contributed by atoms with Crippen LogP contribution < -0.4 is 10.1 Å². The second-order valence-electron chi connectivity index (χ2n) is 3.60. The van der Waals surface area contributed by atoms with Gasteiger partial charge in [0.1, 0.15) is 17.4 Å². The van der Waals surface area contributed by atoms with Crippen LogP contribution in [0.4, 0.5) is 15.9 Å². The summed E-state index contributed by atoms with van der Waals surface area (Å²) in [6, 6.07) is 6.26. The van der Waals surface area contributed by atoms with Crippen LogP contribution in [-0.4, -0.2) is 17.0 Å². The first-order valence-corrected chi connectivity index (χ1v) is 5.36. The van der Waals surface area contributed by atoms with Gasteiger partial charge in [0.15, 0.2) is 0 Å². The van der Waals surface area contributed by atoms with E-state index in [0.29, 0.717) is 11.6 Å². The monoisotopic (exact) mass is 263 g/mol. The highest BCUT2D eigenvalue weighted by Gasteiger charge is 2.17. The number of halogens is 1. The maximum atomic E-state index is 13.0. The zero-order valence-corrected chi connectivity index (χ0v) is 9.96. The Balaban J connectivity index is 2.34. The first kappa shape index (κ1) is 12.7. The third kappa shape index (κ3) is 2.95. The quantitative estimate of drug-likeness (QED) is 0.677. The Kier molecular flexibility index (Phi) is 3.56. The van der Waals surface area contributed by atoms with Crippen LogP contribution in [0.1, 0.15) is 0 Å². The Morgan fingerprint density at radius 1 is 1.37 bits per heavy atom. The maximum Gasteiger partial charge on any atom is 0.314 e. The zero-order chi connectivity index (χ0) is 13.8. The minimum absolute atomic E-state index is 0.0281. The molecule has 2 rings (SSSR count). The highest BCUT2D eigenvalue weighted by molar-refractivity contribution is 5.50. The van der Waals surface area contributed by atoms with Crippen molar-refractivity contribution in [3.8, 4) is 11.5 Å². The maximum absolute atomic E-state index is 13.0. The number of anilines is 1. The molecule has 0 fully saturated rings. The lowest BCUT2D eigenvalue weighted by molar-refractivity contribution is -0.385. The summed E-state index contributed by atoms with van der Waals surface area (Å²) in [5.41, 5.74) is -0.428. The van der Waals surface area contributed by atoms with Crippen molar-refractivity contribution in [1.82, 2.24) is 4.98 Å². The minimum Gasteiger partial charge on any atom is -0.450 e. The van der Waals surface area contributed by atoms with Crippen LogP contribution in [0.3, 0.4) is 0 Å². The van der Waals surface area contributed by atoms with E-state index >= 15 is 0 Å². The minimum atomic E-state index is -0.696. The average molecular weight is 263 g/mol. The number of benzene rings is 1. The van der Waals surface area contributed by atoms with Crippen LogP contribution in [0.5, 0.6) is 11.5 Å². The fraction of sp³-hybridized carbons (Fsp3) is 0.0833. The summed E-state index contributed by atoms with van der Waals surface area (Å²) in [6.07, 6.45) is 1.50. The molecular formula is C12H10FN3O3. The van der Waals surface area contributed by atoms with Crippen molar-refractivity contribution in [3.05, 3.63) is 52.5 Å². The summed E-state index contributed by atoms with van der Waals surface area (Å²) < 4.78 is 18.4. The van der Waals surface area contributed by atoms with Gasteiger partial charge in [-0.25, -0.2) is 9.37 Å². The lowest BCUT2D eigenvalue weighted by Gasteiger charge is -2.07. The molecule has 0 radical (unpaired) electrons. The van der Waals surface area contributed by atoms with E-state index < -0.39 is 16.4 Å². The molecule has 1 N–H and O–H groups in total. The summed E-state index contributed by atoms with van der Waals surface area (Å²) in [5, 5.41) is 13.6. The van der Waals surface area contributed by atoms with Crippen LogP contribution >= 0.6 is 0 Å². The fourth-order valence-electron chi connectivity index (χ4n) is 1.46. The van der Waals surface area contributed by atoms with E-state index in [0.717, 1.165) is 12.1 Å². The number of nitro benzene ring substituents is 1. The summed E-state index contributed by atoms with van der Waals surface area (Å²) in [5.74, 6) is 0.209. The molecule has 0 spiro atoms. The van der Waals surface area contributed by atoms with E-state index in [-0.39, 0.29) is 5.75 Å². The molecule has 7 heteroatoms. The van der Waals surface area contributed by atoms with Crippen molar-refractivity contribution in [3.63, 3.8) is 0 Å². The number of hydrogen-bond acceptors (Lipinski definition) is 5. The first-order chi connectivity index (χ1) is 9.10. The van der Waals surface area contributed by atoms with Gasteiger partial charge < -0.3 is 10.1 Å². The smallest absolute Gasteiger partial charge is 0.314 e. The van der Waals surface area contributed by atoms with Crippen molar-refractivity contribution in [2.45, 2.75) is 0 Å². The van der Waals surface area contributed by atoms with Gasteiger partial charge in [0.25, 0.3) is 0 Å². The summed E-state index contributed by atoms with van der Waals surface area (Å²) in [4.78, 5) is 14.1. The lowest BCUT2D eigenvalue weighted by atomic mass is 10.3. The van der Waals surface area contributed by atoms with Crippen LogP contribution in [-0.2, 0) is 0 Å². The average Bonchev–Trinajstić information content (AvgIpc) is 2.41. The second-order valence-corrected chi connectivity index (χ2v) is 3.60. The number of ether oxygens (including phenoxy) is 1. The molecular weight excluding hydrogens is 253 g/mol. The Bertz CT molecular complexity index is 619. The molecule has 1 aromatic carbocycles. The molecule has 0 aliphatic carbocycles. The molecule has 0 bridgehead atoms. The normalized spacial score (nSPS) is 10.0. The topological polar surface area (TPSA) is 77.3 Å². The third-order valence-corrected chi connectivity index (χ3v) is 2.33. The fourth-order valence-corrected chi connectivity index (χ4v) is 1.46. The number of rotatable bonds is 4. The van der Waals surface area contributed by atoms with Gasteiger partial charge in [-0.05, 0) is 18.2 Å². The predicted octanol–water partition coefficient (Wildman–Crippen LogP) is 2.96. The van der Waals surface area contributed by atoms with Crippen molar-refractivity contribution >= 4 is 11.5 Å². The Morgan fingerprint density at radius 3 is 2.84 bits per heavy atom. The number of hydrogen-bond donors (Lipinski definition) is 1. The van der Waals surface area contributed by atoms with Crippen LogP contribution in [0.15, 0.2) is 36.5 Å². The van der Waals surface area contributed by atoms with E-state index in [4.69, 9.17) is 4.74 Å². The molecule has 0 atom stereocenters. The standard InChI is InChI=1S/C12H10FN3O3/c1-14-12-7-9(4-5-15-12)19-11-3-2-8(13)6-10(11)16(17)18/h2-7H,1H3,(H,14,15). The van der Waals surface area contributed by atoms with Crippen LogP contribution in [0, 0.1) is 15.9 Å². The summed E-state index contributed by atoms with van der Waals surface area (Å²) >= 11 is 0. The van der Waals surface area contributed by atoms with Crippen molar-refractivity contribution in [1.29, 1.82) is 0 Å². The first-order valence-electron chi connectivity index (χ1n) is 5.36. The van der Waals surface area contributed by atoms with Gasteiger partial charge in [-0.15, -0.1) is 0 Å².